The highest BCUT2D eigenvalue weighted by Crippen LogP contribution is 2.20. The quantitative estimate of drug-likeness (QED) is 0.863. The van der Waals surface area contributed by atoms with Crippen LogP contribution in [0.5, 0.6) is 0 Å². The van der Waals surface area contributed by atoms with Gasteiger partial charge in [0, 0.05) is 19.3 Å². The number of anilines is 1. The summed E-state index contributed by atoms with van der Waals surface area (Å²) in [5.41, 5.74) is -0.484. The maximum absolute atomic E-state index is 12.3. The Balaban J connectivity index is 1.96. The first kappa shape index (κ1) is 16.8. The molecule has 6 nitrogen and oxygen atoms in total. The lowest BCUT2D eigenvalue weighted by Crippen LogP contribution is -2.49. The molecule has 0 aromatic carbocycles. The number of aromatic nitrogens is 2. The second-order valence-electron chi connectivity index (χ2n) is 6.41. The number of ether oxygens (including phenoxy) is 1. The first-order valence-electron chi connectivity index (χ1n) is 7.57. The summed E-state index contributed by atoms with van der Waals surface area (Å²) >= 11 is 5.84. The number of amides is 1. The molecule has 1 N–H and O–H groups in total. The van der Waals surface area contributed by atoms with Crippen molar-refractivity contribution in [2.45, 2.75) is 51.7 Å². The number of carbonyl (C=O) groups excluding carboxylic acids is 1. The lowest BCUT2D eigenvalue weighted by molar-refractivity contribution is 0.0114. The fourth-order valence-electron chi connectivity index (χ4n) is 2.40. The summed E-state index contributed by atoms with van der Waals surface area (Å²) < 4.78 is 5.49. The third-order valence-corrected chi connectivity index (χ3v) is 3.58. The van der Waals surface area contributed by atoms with Crippen LogP contribution in [-0.4, -0.2) is 45.7 Å². The minimum Gasteiger partial charge on any atom is -0.444 e. The van der Waals surface area contributed by atoms with Gasteiger partial charge in [-0.15, -0.1) is 0 Å². The molecular formula is C15H23ClN4O2. The van der Waals surface area contributed by atoms with Crippen LogP contribution in [0.3, 0.4) is 0 Å². The van der Waals surface area contributed by atoms with E-state index >= 15 is 0 Å². The van der Waals surface area contributed by atoms with Gasteiger partial charge in [0.1, 0.15) is 10.8 Å². The summed E-state index contributed by atoms with van der Waals surface area (Å²) in [7, 11) is 0. The Hall–Kier alpha value is -1.56. The Labute approximate surface area is 136 Å². The fraction of sp³-hybridized carbons (Fsp3) is 0.667. The van der Waals surface area contributed by atoms with Gasteiger partial charge < -0.3 is 15.0 Å². The number of hydrogen-bond donors (Lipinski definition) is 1. The van der Waals surface area contributed by atoms with Crippen molar-refractivity contribution in [3.63, 3.8) is 0 Å². The third-order valence-electron chi connectivity index (χ3n) is 3.37. The molecule has 1 saturated heterocycles. The van der Waals surface area contributed by atoms with Gasteiger partial charge in [-0.2, -0.15) is 0 Å². The van der Waals surface area contributed by atoms with Gasteiger partial charge in [0.2, 0.25) is 5.95 Å². The van der Waals surface area contributed by atoms with Crippen LogP contribution < -0.4 is 5.32 Å². The number of halogens is 1. The third kappa shape index (κ3) is 5.02. The highest BCUT2D eigenvalue weighted by atomic mass is 35.5. The van der Waals surface area contributed by atoms with Crippen LogP contribution in [0.25, 0.3) is 0 Å². The SMILES string of the molecule is CC(C)(C)OC(=O)N1CCCC[C@H]1CNc1nccc(Cl)n1. The Morgan fingerprint density at radius 2 is 2.27 bits per heavy atom. The van der Waals surface area contributed by atoms with E-state index in [0.717, 1.165) is 25.8 Å². The molecule has 1 atom stereocenters. The molecule has 22 heavy (non-hydrogen) atoms. The van der Waals surface area contributed by atoms with Gasteiger partial charge in [-0.05, 0) is 46.1 Å². The zero-order chi connectivity index (χ0) is 16.2. The first-order chi connectivity index (χ1) is 10.3. The molecule has 1 aromatic heterocycles. The van der Waals surface area contributed by atoms with Crippen LogP contribution >= 0.6 is 11.6 Å². The van der Waals surface area contributed by atoms with E-state index in [2.05, 4.69) is 15.3 Å². The van der Waals surface area contributed by atoms with Crippen molar-refractivity contribution in [3.05, 3.63) is 17.4 Å². The van der Waals surface area contributed by atoms with Gasteiger partial charge in [0.15, 0.2) is 0 Å². The molecule has 0 aliphatic carbocycles. The second kappa shape index (κ2) is 7.13. The average molecular weight is 327 g/mol. The monoisotopic (exact) mass is 326 g/mol. The summed E-state index contributed by atoms with van der Waals surface area (Å²) in [6.45, 7) is 6.93. The number of nitrogens with zero attached hydrogens (tertiary/aromatic N) is 3. The average Bonchev–Trinajstić information content (AvgIpc) is 2.44. The molecule has 1 amide bonds. The summed E-state index contributed by atoms with van der Waals surface area (Å²) in [6, 6.07) is 1.70. The Morgan fingerprint density at radius 3 is 2.95 bits per heavy atom. The van der Waals surface area contributed by atoms with Crippen molar-refractivity contribution < 1.29 is 9.53 Å². The van der Waals surface area contributed by atoms with E-state index in [1.807, 2.05) is 20.8 Å². The zero-order valence-corrected chi connectivity index (χ0v) is 14.1. The Bertz CT molecular complexity index is 519. The smallest absolute Gasteiger partial charge is 0.410 e. The molecule has 1 aliphatic heterocycles. The van der Waals surface area contributed by atoms with E-state index in [-0.39, 0.29) is 12.1 Å². The molecule has 1 aromatic rings. The maximum atomic E-state index is 12.3. The van der Waals surface area contributed by atoms with E-state index in [9.17, 15) is 4.79 Å². The van der Waals surface area contributed by atoms with E-state index in [1.165, 1.54) is 0 Å². The van der Waals surface area contributed by atoms with Gasteiger partial charge in [-0.1, -0.05) is 11.6 Å². The van der Waals surface area contributed by atoms with E-state index < -0.39 is 5.60 Å². The van der Waals surface area contributed by atoms with Gasteiger partial charge in [0.05, 0.1) is 6.04 Å². The van der Waals surface area contributed by atoms with Crippen LogP contribution in [0.1, 0.15) is 40.0 Å². The molecule has 0 spiro atoms. The number of likely N-dealkylation sites (tertiary alicyclic amines) is 1. The van der Waals surface area contributed by atoms with Crippen molar-refractivity contribution >= 4 is 23.6 Å². The topological polar surface area (TPSA) is 67.3 Å². The summed E-state index contributed by atoms with van der Waals surface area (Å²) in [6.07, 6.45) is 4.38. The number of hydrogen-bond acceptors (Lipinski definition) is 5. The Kier molecular flexibility index (Phi) is 5.45. The minimum atomic E-state index is -0.484. The number of nitrogens with one attached hydrogen (secondary N) is 1. The summed E-state index contributed by atoms with van der Waals surface area (Å²) in [5.74, 6) is 0.474. The van der Waals surface area contributed by atoms with Crippen molar-refractivity contribution in [1.82, 2.24) is 14.9 Å². The molecule has 7 heteroatoms. The first-order valence-corrected chi connectivity index (χ1v) is 7.95. The number of piperidine rings is 1. The molecule has 2 rings (SSSR count). The van der Waals surface area contributed by atoms with Crippen LogP contribution in [0.15, 0.2) is 12.3 Å². The van der Waals surface area contributed by atoms with Crippen molar-refractivity contribution in [3.8, 4) is 0 Å². The molecule has 2 heterocycles. The van der Waals surface area contributed by atoms with Crippen LogP contribution in [0, 0.1) is 0 Å². The second-order valence-corrected chi connectivity index (χ2v) is 6.79. The lowest BCUT2D eigenvalue weighted by Gasteiger charge is -2.36. The van der Waals surface area contributed by atoms with Gasteiger partial charge in [-0.3, -0.25) is 0 Å². The molecular weight excluding hydrogens is 304 g/mol. The van der Waals surface area contributed by atoms with Crippen LogP contribution in [-0.2, 0) is 4.74 Å². The van der Waals surface area contributed by atoms with Crippen molar-refractivity contribution in [2.75, 3.05) is 18.4 Å². The van der Waals surface area contributed by atoms with Gasteiger partial charge in [0.25, 0.3) is 0 Å². The maximum Gasteiger partial charge on any atom is 0.410 e. The molecule has 0 radical (unpaired) electrons. The van der Waals surface area contributed by atoms with E-state index in [4.69, 9.17) is 16.3 Å². The molecule has 1 fully saturated rings. The highest BCUT2D eigenvalue weighted by Gasteiger charge is 2.30. The zero-order valence-electron chi connectivity index (χ0n) is 13.3. The number of rotatable bonds is 3. The molecule has 0 unspecified atom stereocenters. The Morgan fingerprint density at radius 1 is 1.50 bits per heavy atom. The highest BCUT2D eigenvalue weighted by molar-refractivity contribution is 6.29. The largest absolute Gasteiger partial charge is 0.444 e. The van der Waals surface area contributed by atoms with E-state index in [0.29, 0.717) is 17.6 Å². The van der Waals surface area contributed by atoms with Crippen molar-refractivity contribution in [2.24, 2.45) is 0 Å². The van der Waals surface area contributed by atoms with Crippen LogP contribution in [0.2, 0.25) is 5.15 Å². The van der Waals surface area contributed by atoms with Crippen LogP contribution in [0.4, 0.5) is 10.7 Å². The standard InChI is InChI=1S/C15H23ClN4O2/c1-15(2,3)22-14(21)20-9-5-4-6-11(20)10-18-13-17-8-7-12(16)19-13/h7-8,11H,4-6,9-10H2,1-3H3,(H,17,18,19)/t11-/m0/s1. The fourth-order valence-corrected chi connectivity index (χ4v) is 2.54. The number of carbonyl (C=O) groups is 1. The molecule has 122 valence electrons. The summed E-state index contributed by atoms with van der Waals surface area (Å²) in [4.78, 5) is 22.3. The van der Waals surface area contributed by atoms with E-state index in [1.54, 1.807) is 17.2 Å². The minimum absolute atomic E-state index is 0.0752. The van der Waals surface area contributed by atoms with Gasteiger partial charge >= 0.3 is 6.09 Å². The normalized spacial score (nSPS) is 18.9. The molecule has 0 bridgehead atoms. The molecule has 0 saturated carbocycles. The predicted molar refractivity (Wildman–Crippen MR) is 86.1 cm³/mol. The predicted octanol–water partition coefficient (Wildman–Crippen LogP) is 3.33. The van der Waals surface area contributed by atoms with Crippen molar-refractivity contribution in [1.29, 1.82) is 0 Å². The lowest BCUT2D eigenvalue weighted by atomic mass is 10.0. The summed E-state index contributed by atoms with van der Waals surface area (Å²) in [5, 5.41) is 3.54. The molecule has 1 aliphatic rings. The van der Waals surface area contributed by atoms with Gasteiger partial charge in [-0.25, -0.2) is 14.8 Å².